The van der Waals surface area contributed by atoms with Crippen LogP contribution in [0.4, 0.5) is 5.69 Å². The first-order chi connectivity index (χ1) is 17.1. The second-order valence-electron chi connectivity index (χ2n) is 9.03. The van der Waals surface area contributed by atoms with Gasteiger partial charge in [-0.25, -0.2) is 0 Å². The smallest absolute Gasteiger partial charge is 0.230 e. The van der Waals surface area contributed by atoms with Crippen LogP contribution in [-0.2, 0) is 16.1 Å². The Kier molecular flexibility index (Phi) is 10.5. The number of carbonyl (C=O) groups is 2. The van der Waals surface area contributed by atoms with Crippen molar-refractivity contribution in [3.8, 4) is 0 Å². The van der Waals surface area contributed by atoms with Crippen molar-refractivity contribution >= 4 is 18.0 Å². The van der Waals surface area contributed by atoms with Crippen LogP contribution in [0.1, 0.15) is 42.4 Å². The number of nitrogens with one attached hydrogen (secondary N) is 2. The normalized spacial score (nSPS) is 15.4. The van der Waals surface area contributed by atoms with E-state index in [0.29, 0.717) is 31.0 Å². The largest absolute Gasteiger partial charge is 0.338 e. The maximum Gasteiger partial charge on any atom is 0.230 e. The monoisotopic (exact) mass is 471 g/mol. The lowest BCUT2D eigenvalue weighted by Crippen LogP contribution is -2.38. The maximum atomic E-state index is 13.6. The zero-order chi connectivity index (χ0) is 24.9. The van der Waals surface area contributed by atoms with Crippen molar-refractivity contribution in [1.29, 1.82) is 0 Å². The lowest BCUT2D eigenvalue weighted by atomic mass is 9.92. The molecule has 0 bridgehead atoms. The molecule has 0 aromatic heterocycles. The highest BCUT2D eigenvalue weighted by Crippen LogP contribution is 2.30. The van der Waals surface area contributed by atoms with Crippen LogP contribution in [0, 0.1) is 12.8 Å². The summed E-state index contributed by atoms with van der Waals surface area (Å²) in [6.07, 6.45) is 2.45. The summed E-state index contributed by atoms with van der Waals surface area (Å²) in [6, 6.07) is 28.0. The van der Waals surface area contributed by atoms with Gasteiger partial charge in [0.1, 0.15) is 0 Å². The predicted molar refractivity (Wildman–Crippen MR) is 143 cm³/mol. The lowest BCUT2D eigenvalue weighted by Gasteiger charge is -2.30. The molecule has 2 atom stereocenters. The van der Waals surface area contributed by atoms with E-state index in [9.17, 15) is 9.59 Å². The van der Waals surface area contributed by atoms with Gasteiger partial charge in [0.2, 0.25) is 12.3 Å². The topological polar surface area (TPSA) is 61.4 Å². The van der Waals surface area contributed by atoms with E-state index in [4.69, 9.17) is 0 Å². The van der Waals surface area contributed by atoms with Gasteiger partial charge in [0.05, 0.1) is 5.92 Å². The molecular formula is C30H37N3O2. The predicted octanol–water partition coefficient (Wildman–Crippen LogP) is 5.38. The summed E-state index contributed by atoms with van der Waals surface area (Å²) in [5, 5.41) is 6.14. The fourth-order valence-corrected chi connectivity index (χ4v) is 4.50. The number of aryl methyl sites for hydroxylation is 1. The van der Waals surface area contributed by atoms with Gasteiger partial charge in [-0.1, -0.05) is 91.3 Å². The van der Waals surface area contributed by atoms with Gasteiger partial charge in [-0.3, -0.25) is 9.59 Å². The molecule has 3 aromatic carbocycles. The number of hydrogen-bond donors (Lipinski definition) is 2. The van der Waals surface area contributed by atoms with Gasteiger partial charge < -0.3 is 15.5 Å². The molecule has 2 unspecified atom stereocenters. The highest BCUT2D eigenvalue weighted by molar-refractivity contribution is 5.87. The highest BCUT2D eigenvalue weighted by Gasteiger charge is 2.29. The third-order valence-corrected chi connectivity index (χ3v) is 6.37. The van der Waals surface area contributed by atoms with E-state index in [1.807, 2.05) is 72.5 Å². The molecular weight excluding hydrogens is 434 g/mol. The number of amides is 2. The van der Waals surface area contributed by atoms with Gasteiger partial charge in [0, 0.05) is 18.8 Å². The number of carbonyl (C=O) groups excluding carboxylic acids is 2. The van der Waals surface area contributed by atoms with Crippen molar-refractivity contribution in [2.75, 3.05) is 25.0 Å². The molecule has 1 heterocycles. The molecule has 1 fully saturated rings. The van der Waals surface area contributed by atoms with Gasteiger partial charge in [0.15, 0.2) is 0 Å². The Hall–Kier alpha value is -3.44. The van der Waals surface area contributed by atoms with Crippen LogP contribution in [0.5, 0.6) is 0 Å². The lowest BCUT2D eigenvalue weighted by molar-refractivity contribution is -0.134. The summed E-state index contributed by atoms with van der Waals surface area (Å²) in [5.74, 6) is 0.327. The number of anilines is 1. The minimum Gasteiger partial charge on any atom is -0.338 e. The SMILES string of the molecule is CCC(C(=O)N(Cc1ccccc1)CC1CCNC1)c1ccccc1NC=O.Cc1ccccc1. The third kappa shape index (κ3) is 8.08. The standard InChI is InChI=1S/C23H29N3O2.C7H8/c1-2-20(21-10-6-7-11-22(21)25-17-27)23(28)26(16-19-12-13-24-14-19)15-18-8-4-3-5-9-18;1-7-5-3-2-4-6-7/h3-11,17,19-20,24H,2,12-16H2,1H3,(H,25,27);2-6H,1H3. The van der Waals surface area contributed by atoms with E-state index >= 15 is 0 Å². The Labute approximate surface area is 209 Å². The van der Waals surface area contributed by atoms with Crippen molar-refractivity contribution in [3.63, 3.8) is 0 Å². The second-order valence-corrected chi connectivity index (χ2v) is 9.03. The highest BCUT2D eigenvalue weighted by atomic mass is 16.2. The number of benzene rings is 3. The van der Waals surface area contributed by atoms with Crippen LogP contribution in [0.15, 0.2) is 84.9 Å². The molecule has 3 aromatic rings. The van der Waals surface area contributed by atoms with Gasteiger partial charge in [-0.15, -0.1) is 0 Å². The van der Waals surface area contributed by atoms with E-state index in [-0.39, 0.29) is 11.8 Å². The van der Waals surface area contributed by atoms with Crippen molar-refractivity contribution in [3.05, 3.63) is 102 Å². The molecule has 1 aliphatic heterocycles. The number of nitrogens with zero attached hydrogens (tertiary/aromatic N) is 1. The fourth-order valence-electron chi connectivity index (χ4n) is 4.50. The summed E-state index contributed by atoms with van der Waals surface area (Å²) in [7, 11) is 0. The molecule has 0 radical (unpaired) electrons. The first-order valence-corrected chi connectivity index (χ1v) is 12.5. The van der Waals surface area contributed by atoms with Crippen LogP contribution in [-0.4, -0.2) is 36.9 Å². The minimum absolute atomic E-state index is 0.124. The van der Waals surface area contributed by atoms with E-state index in [1.54, 1.807) is 0 Å². The first-order valence-electron chi connectivity index (χ1n) is 12.5. The average Bonchev–Trinajstić information content (AvgIpc) is 3.40. The van der Waals surface area contributed by atoms with Crippen molar-refractivity contribution in [2.24, 2.45) is 5.92 Å². The van der Waals surface area contributed by atoms with Gasteiger partial charge >= 0.3 is 0 Å². The van der Waals surface area contributed by atoms with Gasteiger partial charge in [-0.05, 0) is 56.0 Å². The number of rotatable bonds is 9. The molecule has 2 N–H and O–H groups in total. The molecule has 35 heavy (non-hydrogen) atoms. The molecule has 1 saturated heterocycles. The second kappa shape index (κ2) is 14.1. The van der Waals surface area contributed by atoms with Crippen molar-refractivity contribution in [1.82, 2.24) is 10.2 Å². The molecule has 4 rings (SSSR count). The molecule has 184 valence electrons. The molecule has 5 nitrogen and oxygen atoms in total. The maximum absolute atomic E-state index is 13.6. The van der Waals surface area contributed by atoms with Crippen LogP contribution >= 0.6 is 0 Å². The fraction of sp³-hybridized carbons (Fsp3) is 0.333. The molecule has 5 heteroatoms. The van der Waals surface area contributed by atoms with Crippen LogP contribution in [0.25, 0.3) is 0 Å². The van der Waals surface area contributed by atoms with Crippen LogP contribution in [0.3, 0.4) is 0 Å². The Bertz CT molecular complexity index is 1030. The average molecular weight is 472 g/mol. The Morgan fingerprint density at radius 2 is 1.69 bits per heavy atom. The van der Waals surface area contributed by atoms with E-state index in [1.165, 1.54) is 5.56 Å². The summed E-state index contributed by atoms with van der Waals surface area (Å²) in [4.78, 5) is 26.6. The molecule has 0 spiro atoms. The molecule has 0 saturated carbocycles. The van der Waals surface area contributed by atoms with Crippen molar-refractivity contribution in [2.45, 2.75) is 39.2 Å². The van der Waals surface area contributed by atoms with Crippen LogP contribution in [0.2, 0.25) is 0 Å². The Morgan fingerprint density at radius 1 is 1.03 bits per heavy atom. The molecule has 2 amide bonds. The minimum atomic E-state index is -0.276. The summed E-state index contributed by atoms with van der Waals surface area (Å²) in [6.45, 7) is 7.44. The number of para-hydroxylation sites is 1. The summed E-state index contributed by atoms with van der Waals surface area (Å²) in [5.41, 5.74) is 4.04. The Balaban J connectivity index is 0.000000420. The van der Waals surface area contributed by atoms with E-state index in [2.05, 4.69) is 41.8 Å². The summed E-state index contributed by atoms with van der Waals surface area (Å²) < 4.78 is 0. The zero-order valence-corrected chi connectivity index (χ0v) is 20.8. The van der Waals surface area contributed by atoms with Gasteiger partial charge in [0.25, 0.3) is 0 Å². The zero-order valence-electron chi connectivity index (χ0n) is 20.8. The van der Waals surface area contributed by atoms with E-state index in [0.717, 1.165) is 37.2 Å². The third-order valence-electron chi connectivity index (χ3n) is 6.37. The Morgan fingerprint density at radius 3 is 2.26 bits per heavy atom. The quantitative estimate of drug-likeness (QED) is 0.412. The molecule has 0 aliphatic carbocycles. The van der Waals surface area contributed by atoms with Crippen molar-refractivity contribution < 1.29 is 9.59 Å². The molecule has 1 aliphatic rings. The number of hydrogen-bond acceptors (Lipinski definition) is 3. The first kappa shape index (κ1) is 26.2. The summed E-state index contributed by atoms with van der Waals surface area (Å²) >= 11 is 0. The van der Waals surface area contributed by atoms with E-state index < -0.39 is 0 Å². The van der Waals surface area contributed by atoms with Gasteiger partial charge in [-0.2, -0.15) is 0 Å². The van der Waals surface area contributed by atoms with Crippen LogP contribution < -0.4 is 10.6 Å².